The van der Waals surface area contributed by atoms with Gasteiger partial charge in [-0.05, 0) is 28.1 Å². The van der Waals surface area contributed by atoms with Crippen molar-refractivity contribution < 1.29 is 9.59 Å². The number of ketones is 1. The Morgan fingerprint density at radius 1 is 1.00 bits per heavy atom. The van der Waals surface area contributed by atoms with E-state index in [0.29, 0.717) is 11.1 Å². The van der Waals surface area contributed by atoms with Gasteiger partial charge in [0.2, 0.25) is 4.69 Å². The Bertz CT molecular complexity index is 385. The van der Waals surface area contributed by atoms with Gasteiger partial charge in [-0.25, -0.2) is 0 Å². The smallest absolute Gasteiger partial charge is 0.228 e. The number of halogens is 1. The summed E-state index contributed by atoms with van der Waals surface area (Å²) in [5.74, 6) is 0.0797. The topological polar surface area (TPSA) is 34.1 Å². The molecule has 0 aliphatic heterocycles. The third-order valence-electron chi connectivity index (χ3n) is 2.06. The van der Waals surface area contributed by atoms with E-state index in [-0.39, 0.29) is 15.9 Å². The van der Waals surface area contributed by atoms with Crippen molar-refractivity contribution >= 4 is 26.4 Å². The second-order valence-electron chi connectivity index (χ2n) is 4.43. The van der Waals surface area contributed by atoms with Gasteiger partial charge in [0.1, 0.15) is 0 Å². The predicted molar refractivity (Wildman–Crippen MR) is 63.5 cm³/mol. The largest absolute Gasteiger partial charge is 0.294 e. The van der Waals surface area contributed by atoms with Crippen molar-refractivity contribution in [2.75, 3.05) is 0 Å². The van der Waals surface area contributed by atoms with Crippen LogP contribution in [0.15, 0.2) is 24.3 Å². The molecule has 0 saturated heterocycles. The Kier molecular flexibility index (Phi) is 3.45. The summed E-state index contributed by atoms with van der Waals surface area (Å²) in [5.41, 5.74) is 0.806. The maximum Gasteiger partial charge on any atom is 0.228 e. The fourth-order valence-corrected chi connectivity index (χ4v) is 1.45. The van der Waals surface area contributed by atoms with Crippen molar-refractivity contribution in [3.05, 3.63) is 35.4 Å². The molecule has 0 radical (unpaired) electrons. The highest BCUT2D eigenvalue weighted by atomic mass is 79.9. The summed E-state index contributed by atoms with van der Waals surface area (Å²) in [6, 6.07) is 6.66. The number of hydrogen-bond acceptors (Lipinski definition) is 2. The van der Waals surface area contributed by atoms with Gasteiger partial charge in [0.05, 0.1) is 0 Å². The molecule has 0 bridgehead atoms. The number of carbonyl (C=O) groups excluding carboxylic acids is 2. The van der Waals surface area contributed by atoms with E-state index in [1.807, 2.05) is 20.8 Å². The average molecular weight is 269 g/mol. The summed E-state index contributed by atoms with van der Waals surface area (Å²) in [5, 5.41) is 0. The minimum absolute atomic E-state index is 0.0797. The molecule has 80 valence electrons. The highest BCUT2D eigenvalue weighted by Crippen LogP contribution is 2.21. The lowest BCUT2D eigenvalue weighted by atomic mass is 9.86. The minimum atomic E-state index is -0.389. The first-order chi connectivity index (χ1) is 6.82. The first kappa shape index (κ1) is 12.1. The van der Waals surface area contributed by atoms with Crippen LogP contribution >= 0.6 is 15.9 Å². The van der Waals surface area contributed by atoms with Gasteiger partial charge in [0.15, 0.2) is 5.78 Å². The normalized spacial score (nSPS) is 11.2. The van der Waals surface area contributed by atoms with Crippen LogP contribution in [0.2, 0.25) is 0 Å². The number of Topliss-reactive ketones (excluding diaryl/α,β-unsaturated/α-hetero) is 1. The van der Waals surface area contributed by atoms with Crippen molar-refractivity contribution in [2.24, 2.45) is 5.41 Å². The van der Waals surface area contributed by atoms with E-state index in [9.17, 15) is 9.59 Å². The van der Waals surface area contributed by atoms with Gasteiger partial charge >= 0.3 is 0 Å². The third-order valence-corrected chi connectivity index (χ3v) is 2.51. The van der Waals surface area contributed by atoms with Gasteiger partial charge in [-0.15, -0.1) is 0 Å². The summed E-state index contributed by atoms with van der Waals surface area (Å²) < 4.78 is -0.169. The van der Waals surface area contributed by atoms with Crippen LogP contribution in [0, 0.1) is 5.41 Å². The summed E-state index contributed by atoms with van der Waals surface area (Å²) in [4.78, 5) is 22.8. The number of benzene rings is 1. The molecular weight excluding hydrogens is 256 g/mol. The summed E-state index contributed by atoms with van der Waals surface area (Å²) >= 11 is 2.86. The number of hydrogen-bond donors (Lipinski definition) is 0. The maximum atomic E-state index is 11.9. The Morgan fingerprint density at radius 2 is 1.40 bits per heavy atom. The average Bonchev–Trinajstić information content (AvgIpc) is 2.15. The molecule has 0 N–H and O–H groups in total. The first-order valence-electron chi connectivity index (χ1n) is 4.67. The minimum Gasteiger partial charge on any atom is -0.294 e. The van der Waals surface area contributed by atoms with Crippen LogP contribution in [0.4, 0.5) is 0 Å². The van der Waals surface area contributed by atoms with Gasteiger partial charge in [-0.3, -0.25) is 9.59 Å². The molecule has 0 aromatic heterocycles. The van der Waals surface area contributed by atoms with Crippen LogP contribution in [0.5, 0.6) is 0 Å². The van der Waals surface area contributed by atoms with E-state index in [1.165, 1.54) is 0 Å². The lowest BCUT2D eigenvalue weighted by Crippen LogP contribution is -2.20. The van der Waals surface area contributed by atoms with E-state index >= 15 is 0 Å². The van der Waals surface area contributed by atoms with E-state index < -0.39 is 0 Å². The highest BCUT2D eigenvalue weighted by molar-refractivity contribution is 9.18. The zero-order chi connectivity index (χ0) is 11.6. The van der Waals surface area contributed by atoms with Crippen molar-refractivity contribution in [3.63, 3.8) is 0 Å². The van der Waals surface area contributed by atoms with Crippen molar-refractivity contribution in [1.29, 1.82) is 0 Å². The van der Waals surface area contributed by atoms with Crippen LogP contribution < -0.4 is 0 Å². The molecule has 1 rings (SSSR count). The first-order valence-corrected chi connectivity index (χ1v) is 5.46. The second kappa shape index (κ2) is 4.27. The fourth-order valence-electron chi connectivity index (χ4n) is 1.19. The van der Waals surface area contributed by atoms with Crippen molar-refractivity contribution in [3.8, 4) is 0 Å². The van der Waals surface area contributed by atoms with Gasteiger partial charge in [-0.2, -0.15) is 0 Å². The van der Waals surface area contributed by atoms with Crippen molar-refractivity contribution in [1.82, 2.24) is 0 Å². The Balaban J connectivity index is 3.00. The van der Waals surface area contributed by atoms with Gasteiger partial charge in [0.25, 0.3) is 0 Å². The molecule has 0 saturated carbocycles. The zero-order valence-corrected chi connectivity index (χ0v) is 10.6. The fraction of sp³-hybridized carbons (Fsp3) is 0.333. The van der Waals surface area contributed by atoms with Crippen LogP contribution in [0.25, 0.3) is 0 Å². The SMILES string of the molecule is CC(C)(C)C(=O)c1ccc(C(=O)Br)cc1. The molecule has 15 heavy (non-hydrogen) atoms. The molecule has 0 unspecified atom stereocenters. The lowest BCUT2D eigenvalue weighted by molar-refractivity contribution is 0.0858. The summed E-state index contributed by atoms with van der Waals surface area (Å²) in [6.07, 6.45) is 0. The lowest BCUT2D eigenvalue weighted by Gasteiger charge is -2.16. The molecule has 0 aliphatic carbocycles. The second-order valence-corrected chi connectivity index (χ2v) is 5.15. The molecule has 0 amide bonds. The maximum absolute atomic E-state index is 11.9. The molecule has 0 heterocycles. The van der Waals surface area contributed by atoms with Gasteiger partial charge < -0.3 is 0 Å². The monoisotopic (exact) mass is 268 g/mol. The van der Waals surface area contributed by atoms with Crippen LogP contribution in [-0.2, 0) is 0 Å². The zero-order valence-electron chi connectivity index (χ0n) is 9.00. The number of rotatable bonds is 2. The molecule has 3 heteroatoms. The summed E-state index contributed by atoms with van der Waals surface area (Å²) in [6.45, 7) is 5.62. The van der Waals surface area contributed by atoms with E-state index in [2.05, 4.69) is 15.9 Å². The number of carbonyl (C=O) groups is 2. The molecule has 1 aromatic carbocycles. The summed E-state index contributed by atoms with van der Waals surface area (Å²) in [7, 11) is 0. The quantitative estimate of drug-likeness (QED) is 0.608. The molecular formula is C12H13BrO2. The molecule has 0 fully saturated rings. The van der Waals surface area contributed by atoms with E-state index in [0.717, 1.165) is 0 Å². The predicted octanol–water partition coefficient (Wildman–Crippen LogP) is 3.45. The van der Waals surface area contributed by atoms with Crippen LogP contribution in [0.1, 0.15) is 41.5 Å². The molecule has 0 spiro atoms. The molecule has 0 aliphatic rings. The van der Waals surface area contributed by atoms with E-state index in [4.69, 9.17) is 0 Å². The van der Waals surface area contributed by atoms with Gasteiger partial charge in [-0.1, -0.05) is 32.9 Å². The third kappa shape index (κ3) is 2.99. The van der Waals surface area contributed by atoms with Gasteiger partial charge in [0, 0.05) is 16.5 Å². The molecule has 1 aromatic rings. The Hall–Kier alpha value is -0.960. The van der Waals surface area contributed by atoms with Crippen LogP contribution in [0.3, 0.4) is 0 Å². The van der Waals surface area contributed by atoms with E-state index in [1.54, 1.807) is 24.3 Å². The molecule has 2 nitrogen and oxygen atoms in total. The standard InChI is InChI=1S/C12H13BrO2/c1-12(2,3)10(14)8-4-6-9(7-5-8)11(13)15/h4-7H,1-3H3. The Morgan fingerprint density at radius 3 is 1.73 bits per heavy atom. The highest BCUT2D eigenvalue weighted by Gasteiger charge is 2.22. The molecule has 0 atom stereocenters. The Labute approximate surface area is 97.8 Å². The van der Waals surface area contributed by atoms with Crippen LogP contribution in [-0.4, -0.2) is 10.5 Å². The van der Waals surface area contributed by atoms with Crippen molar-refractivity contribution in [2.45, 2.75) is 20.8 Å².